The van der Waals surface area contributed by atoms with E-state index in [1.165, 1.54) is 12.8 Å². The van der Waals surface area contributed by atoms with Crippen LogP contribution >= 0.6 is 0 Å². The van der Waals surface area contributed by atoms with Crippen LogP contribution in [0.4, 0.5) is 4.79 Å². The van der Waals surface area contributed by atoms with E-state index < -0.39 is 11.0 Å². The summed E-state index contributed by atoms with van der Waals surface area (Å²) in [6.07, 6.45) is 10.7. The lowest BCUT2D eigenvalue weighted by Crippen LogP contribution is -2.60. The van der Waals surface area contributed by atoms with Crippen LogP contribution in [0.1, 0.15) is 65.2 Å². The topological polar surface area (TPSA) is 70.7 Å². The number of urea groups is 1. The van der Waals surface area contributed by atoms with Crippen molar-refractivity contribution in [3.05, 3.63) is 0 Å². The monoisotopic (exact) mass is 399 g/mol. The molecule has 3 aliphatic rings. The second-order valence-electron chi connectivity index (χ2n) is 8.92. The van der Waals surface area contributed by atoms with Gasteiger partial charge in [-0.3, -0.25) is 0 Å². The van der Waals surface area contributed by atoms with E-state index in [0.29, 0.717) is 18.8 Å². The SMILES string of the molecule is CC(C)C1CCC(OCC2C(NS(C)=O)CCCN2C(=O)NC2CC2)CC1. The van der Waals surface area contributed by atoms with E-state index in [4.69, 9.17) is 4.74 Å². The molecule has 0 spiro atoms. The molecule has 0 aromatic heterocycles. The maximum atomic E-state index is 12.7. The van der Waals surface area contributed by atoms with Crippen molar-refractivity contribution < 1.29 is 13.7 Å². The molecule has 2 N–H and O–H groups in total. The number of hydrogen-bond donors (Lipinski definition) is 2. The Balaban J connectivity index is 1.57. The zero-order valence-corrected chi connectivity index (χ0v) is 17.9. The van der Waals surface area contributed by atoms with E-state index in [0.717, 1.165) is 56.9 Å². The Bertz CT molecular complexity index is 519. The summed E-state index contributed by atoms with van der Waals surface area (Å²) in [5, 5.41) is 3.11. The van der Waals surface area contributed by atoms with Crippen LogP contribution in [0.15, 0.2) is 0 Å². The summed E-state index contributed by atoms with van der Waals surface area (Å²) in [4.78, 5) is 14.6. The molecule has 1 heterocycles. The molecule has 6 nitrogen and oxygen atoms in total. The first-order chi connectivity index (χ1) is 12.9. The predicted molar refractivity (Wildman–Crippen MR) is 109 cm³/mol. The van der Waals surface area contributed by atoms with Gasteiger partial charge < -0.3 is 15.0 Å². The average Bonchev–Trinajstić information content (AvgIpc) is 3.44. The summed E-state index contributed by atoms with van der Waals surface area (Å²) >= 11 is 0. The van der Waals surface area contributed by atoms with E-state index in [2.05, 4.69) is 23.9 Å². The number of ether oxygens (including phenoxy) is 1. The van der Waals surface area contributed by atoms with Gasteiger partial charge in [-0.15, -0.1) is 0 Å². The Morgan fingerprint density at radius 2 is 1.85 bits per heavy atom. The Morgan fingerprint density at radius 1 is 1.15 bits per heavy atom. The summed E-state index contributed by atoms with van der Waals surface area (Å²) in [6, 6.07) is 0.341. The minimum atomic E-state index is -1.09. The first-order valence-electron chi connectivity index (χ1n) is 10.7. The fourth-order valence-corrected chi connectivity index (χ4v) is 5.21. The Labute approximate surface area is 166 Å². The van der Waals surface area contributed by atoms with Crippen LogP contribution in [-0.2, 0) is 15.7 Å². The van der Waals surface area contributed by atoms with Gasteiger partial charge in [-0.1, -0.05) is 13.8 Å². The summed E-state index contributed by atoms with van der Waals surface area (Å²) in [5.41, 5.74) is 0. The molecule has 3 fully saturated rings. The molecule has 2 amide bonds. The molecule has 0 aromatic carbocycles. The Kier molecular flexibility index (Phi) is 7.57. The number of hydrogen-bond acceptors (Lipinski definition) is 3. The highest BCUT2D eigenvalue weighted by molar-refractivity contribution is 7.82. The van der Waals surface area contributed by atoms with E-state index in [1.54, 1.807) is 6.26 Å². The number of amides is 2. The normalized spacial score (nSPS) is 33.1. The van der Waals surface area contributed by atoms with Gasteiger partial charge in [0.15, 0.2) is 0 Å². The van der Waals surface area contributed by atoms with Gasteiger partial charge >= 0.3 is 6.03 Å². The lowest BCUT2D eigenvalue weighted by molar-refractivity contribution is -0.0240. The summed E-state index contributed by atoms with van der Waals surface area (Å²) in [6.45, 7) is 5.90. The van der Waals surface area contributed by atoms with Crippen molar-refractivity contribution in [2.75, 3.05) is 19.4 Å². The van der Waals surface area contributed by atoms with E-state index in [9.17, 15) is 9.00 Å². The maximum Gasteiger partial charge on any atom is 0.318 e. The second-order valence-corrected chi connectivity index (χ2v) is 10.1. The third kappa shape index (κ3) is 6.16. The van der Waals surface area contributed by atoms with Gasteiger partial charge in [0, 0.05) is 24.9 Å². The maximum absolute atomic E-state index is 12.7. The third-order valence-corrected chi connectivity index (χ3v) is 7.06. The summed E-state index contributed by atoms with van der Waals surface area (Å²) < 4.78 is 21.2. The highest BCUT2D eigenvalue weighted by atomic mass is 32.2. The molecule has 2 saturated carbocycles. The number of nitrogens with one attached hydrogen (secondary N) is 2. The van der Waals surface area contributed by atoms with Crippen molar-refractivity contribution in [2.24, 2.45) is 11.8 Å². The fraction of sp³-hybridized carbons (Fsp3) is 0.950. The average molecular weight is 400 g/mol. The van der Waals surface area contributed by atoms with Crippen molar-refractivity contribution in [2.45, 2.75) is 89.4 Å². The molecule has 27 heavy (non-hydrogen) atoms. The molecule has 0 aromatic rings. The van der Waals surface area contributed by atoms with Crippen molar-refractivity contribution in [1.29, 1.82) is 0 Å². The highest BCUT2D eigenvalue weighted by Crippen LogP contribution is 2.32. The minimum absolute atomic E-state index is 0.0167. The zero-order valence-electron chi connectivity index (χ0n) is 17.1. The summed E-state index contributed by atoms with van der Waals surface area (Å²) in [5.74, 6) is 1.57. The molecule has 3 rings (SSSR count). The number of piperidine rings is 1. The molecule has 0 bridgehead atoms. The number of nitrogens with zero attached hydrogens (tertiary/aromatic N) is 1. The van der Waals surface area contributed by atoms with E-state index in [-0.39, 0.29) is 18.1 Å². The largest absolute Gasteiger partial charge is 0.376 e. The van der Waals surface area contributed by atoms with Crippen LogP contribution in [-0.4, -0.2) is 58.8 Å². The van der Waals surface area contributed by atoms with Crippen LogP contribution in [0.5, 0.6) is 0 Å². The van der Waals surface area contributed by atoms with Gasteiger partial charge in [0.25, 0.3) is 0 Å². The number of carbonyl (C=O) groups is 1. The molecule has 0 radical (unpaired) electrons. The molecule has 2 aliphatic carbocycles. The third-order valence-electron chi connectivity index (χ3n) is 6.43. The van der Waals surface area contributed by atoms with Crippen molar-refractivity contribution in [3.8, 4) is 0 Å². The molecular formula is C20H37N3O3S. The lowest BCUT2D eigenvalue weighted by Gasteiger charge is -2.42. The van der Waals surface area contributed by atoms with Crippen LogP contribution in [0.25, 0.3) is 0 Å². The standard InChI is InChI=1S/C20H37N3O3S/c1-14(2)15-6-10-17(11-7-15)26-13-19-18(22-27(3)25)5-4-12-23(19)20(24)21-16-8-9-16/h14-19,22H,4-13H2,1-3H3,(H,21,24). The molecule has 156 valence electrons. The van der Waals surface area contributed by atoms with Crippen molar-refractivity contribution >= 4 is 17.0 Å². The van der Waals surface area contributed by atoms with Crippen molar-refractivity contribution in [1.82, 2.24) is 14.9 Å². The molecule has 1 aliphatic heterocycles. The summed E-state index contributed by atoms with van der Waals surface area (Å²) in [7, 11) is -1.09. The smallest absolute Gasteiger partial charge is 0.318 e. The molecular weight excluding hydrogens is 362 g/mol. The van der Waals surface area contributed by atoms with E-state index in [1.807, 2.05) is 4.90 Å². The molecule has 7 heteroatoms. The van der Waals surface area contributed by atoms with Gasteiger partial charge in [-0.25, -0.2) is 13.7 Å². The Morgan fingerprint density at radius 3 is 2.44 bits per heavy atom. The molecule has 1 saturated heterocycles. The molecule has 3 unspecified atom stereocenters. The zero-order chi connectivity index (χ0) is 19.4. The van der Waals surface area contributed by atoms with Crippen LogP contribution in [0, 0.1) is 11.8 Å². The predicted octanol–water partition coefficient (Wildman–Crippen LogP) is 2.81. The quantitative estimate of drug-likeness (QED) is 0.692. The number of carbonyl (C=O) groups excluding carboxylic acids is 1. The van der Waals surface area contributed by atoms with Gasteiger partial charge in [-0.2, -0.15) is 0 Å². The van der Waals surface area contributed by atoms with Gasteiger partial charge in [0.2, 0.25) is 0 Å². The van der Waals surface area contributed by atoms with E-state index >= 15 is 0 Å². The molecule has 3 atom stereocenters. The number of likely N-dealkylation sites (tertiary alicyclic amines) is 1. The minimum Gasteiger partial charge on any atom is -0.376 e. The van der Waals surface area contributed by atoms with Crippen molar-refractivity contribution in [3.63, 3.8) is 0 Å². The highest BCUT2D eigenvalue weighted by Gasteiger charge is 2.37. The first-order valence-corrected chi connectivity index (χ1v) is 12.3. The Hall–Kier alpha value is -0.660. The second kappa shape index (κ2) is 9.70. The van der Waals surface area contributed by atoms with Gasteiger partial charge in [0.05, 0.1) is 29.7 Å². The van der Waals surface area contributed by atoms with Gasteiger partial charge in [-0.05, 0) is 63.2 Å². The van der Waals surface area contributed by atoms with Crippen LogP contribution in [0.3, 0.4) is 0 Å². The first kappa shape index (κ1) is 21.1. The lowest BCUT2D eigenvalue weighted by atomic mass is 9.80. The van der Waals surface area contributed by atoms with Gasteiger partial charge in [0.1, 0.15) is 0 Å². The van der Waals surface area contributed by atoms with Crippen LogP contribution < -0.4 is 10.0 Å². The fourth-order valence-electron chi connectivity index (χ4n) is 4.51. The van der Waals surface area contributed by atoms with Crippen LogP contribution in [0.2, 0.25) is 0 Å². The number of rotatable bonds is 7.